The normalized spacial score (nSPS) is 10.4. The lowest BCUT2D eigenvalue weighted by atomic mass is 10.1. The summed E-state index contributed by atoms with van der Waals surface area (Å²) in [5.41, 5.74) is 2.45. The first-order valence-electron chi connectivity index (χ1n) is 7.48. The van der Waals surface area contributed by atoms with Crippen LogP contribution in [0.4, 0.5) is 11.6 Å². The first-order valence-corrected chi connectivity index (χ1v) is 7.48. The van der Waals surface area contributed by atoms with Crippen molar-refractivity contribution in [1.82, 2.24) is 20.7 Å². The third-order valence-corrected chi connectivity index (χ3v) is 3.48. The Balaban J connectivity index is 1.60. The summed E-state index contributed by atoms with van der Waals surface area (Å²) in [5, 5.41) is 17.5. The van der Waals surface area contributed by atoms with E-state index in [0.29, 0.717) is 23.9 Å². The Kier molecular flexibility index (Phi) is 4.51. The molecule has 7 nitrogen and oxygen atoms in total. The molecule has 2 N–H and O–H groups in total. The second-order valence-corrected chi connectivity index (χ2v) is 5.36. The van der Waals surface area contributed by atoms with Crippen LogP contribution < -0.4 is 10.6 Å². The van der Waals surface area contributed by atoms with E-state index in [1.54, 1.807) is 25.1 Å². The molecule has 0 aliphatic heterocycles. The zero-order valence-corrected chi connectivity index (χ0v) is 13.4. The first kappa shape index (κ1) is 15.7. The van der Waals surface area contributed by atoms with Gasteiger partial charge in [-0.2, -0.15) is 0 Å². The lowest BCUT2D eigenvalue weighted by Crippen LogP contribution is -2.24. The van der Waals surface area contributed by atoms with Gasteiger partial charge in [0.2, 0.25) is 0 Å². The summed E-state index contributed by atoms with van der Waals surface area (Å²) >= 11 is 0. The van der Waals surface area contributed by atoms with Crippen molar-refractivity contribution >= 4 is 17.5 Å². The molecule has 0 fully saturated rings. The van der Waals surface area contributed by atoms with E-state index in [9.17, 15) is 4.79 Å². The van der Waals surface area contributed by atoms with E-state index in [0.717, 1.165) is 11.1 Å². The third-order valence-electron chi connectivity index (χ3n) is 3.48. The summed E-state index contributed by atoms with van der Waals surface area (Å²) < 4.78 is 4.96. The Hall–Kier alpha value is -3.22. The quantitative estimate of drug-likeness (QED) is 0.750. The monoisotopic (exact) mass is 323 g/mol. The molecule has 0 saturated heterocycles. The van der Waals surface area contributed by atoms with Crippen molar-refractivity contribution < 1.29 is 9.32 Å². The van der Waals surface area contributed by atoms with E-state index in [-0.39, 0.29) is 11.6 Å². The van der Waals surface area contributed by atoms with Gasteiger partial charge >= 0.3 is 0 Å². The highest BCUT2D eigenvalue weighted by Gasteiger charge is 2.09. The van der Waals surface area contributed by atoms with Gasteiger partial charge in [-0.1, -0.05) is 29.4 Å². The van der Waals surface area contributed by atoms with Gasteiger partial charge in [0.25, 0.3) is 5.91 Å². The number of carbonyl (C=O) groups excluding carboxylic acids is 1. The van der Waals surface area contributed by atoms with Crippen LogP contribution in [0.2, 0.25) is 0 Å². The Morgan fingerprint density at radius 3 is 2.58 bits per heavy atom. The molecule has 1 aromatic carbocycles. The summed E-state index contributed by atoms with van der Waals surface area (Å²) in [6.07, 6.45) is 0. The van der Waals surface area contributed by atoms with E-state index in [1.807, 2.05) is 31.2 Å². The summed E-state index contributed by atoms with van der Waals surface area (Å²) in [4.78, 5) is 12.1. The second-order valence-electron chi connectivity index (χ2n) is 5.36. The minimum absolute atomic E-state index is 0.255. The highest BCUT2D eigenvalue weighted by Crippen LogP contribution is 2.13. The smallest absolute Gasteiger partial charge is 0.272 e. The largest absolute Gasteiger partial charge is 0.360 e. The second kappa shape index (κ2) is 6.91. The van der Waals surface area contributed by atoms with E-state index < -0.39 is 0 Å². The number of rotatable bonds is 5. The van der Waals surface area contributed by atoms with Gasteiger partial charge in [0.15, 0.2) is 17.3 Å². The molecule has 0 aliphatic carbocycles. The number of nitrogens with zero attached hydrogens (tertiary/aromatic N) is 3. The molecule has 0 bridgehead atoms. The van der Waals surface area contributed by atoms with Crippen molar-refractivity contribution in [3.05, 3.63) is 65.0 Å². The van der Waals surface area contributed by atoms with Gasteiger partial charge in [0.05, 0.1) is 0 Å². The fraction of sp³-hybridized carbons (Fsp3) is 0.176. The molecule has 0 radical (unpaired) electrons. The molecule has 0 saturated carbocycles. The number of hydrogen-bond acceptors (Lipinski definition) is 6. The van der Waals surface area contributed by atoms with Crippen LogP contribution in [0, 0.1) is 13.8 Å². The average molecular weight is 323 g/mol. The van der Waals surface area contributed by atoms with Crippen LogP contribution >= 0.6 is 0 Å². The summed E-state index contributed by atoms with van der Waals surface area (Å²) in [7, 11) is 0. The fourth-order valence-corrected chi connectivity index (χ4v) is 2.15. The number of aryl methyl sites for hydroxylation is 2. The minimum Gasteiger partial charge on any atom is -0.360 e. The molecule has 1 amide bonds. The number of aromatic nitrogens is 3. The van der Waals surface area contributed by atoms with Crippen LogP contribution in [0.3, 0.4) is 0 Å². The van der Waals surface area contributed by atoms with Crippen LogP contribution in [-0.2, 0) is 6.54 Å². The van der Waals surface area contributed by atoms with Gasteiger partial charge in [-0.15, -0.1) is 10.2 Å². The number of amides is 1. The van der Waals surface area contributed by atoms with E-state index in [2.05, 4.69) is 26.0 Å². The highest BCUT2D eigenvalue weighted by molar-refractivity contribution is 5.92. The van der Waals surface area contributed by atoms with Gasteiger partial charge in [0.1, 0.15) is 5.76 Å². The van der Waals surface area contributed by atoms with Crippen molar-refractivity contribution in [2.45, 2.75) is 20.4 Å². The lowest BCUT2D eigenvalue weighted by Gasteiger charge is -2.07. The Morgan fingerprint density at radius 1 is 1.08 bits per heavy atom. The molecule has 2 aromatic heterocycles. The molecule has 0 spiro atoms. The number of nitrogens with one attached hydrogen (secondary N) is 2. The van der Waals surface area contributed by atoms with Crippen LogP contribution in [0.15, 0.2) is 47.0 Å². The Labute approximate surface area is 139 Å². The van der Waals surface area contributed by atoms with Crippen molar-refractivity contribution in [2.75, 3.05) is 5.32 Å². The van der Waals surface area contributed by atoms with E-state index in [4.69, 9.17) is 4.52 Å². The molecule has 0 aliphatic rings. The fourth-order valence-electron chi connectivity index (χ4n) is 2.15. The topological polar surface area (TPSA) is 92.9 Å². The van der Waals surface area contributed by atoms with E-state index in [1.165, 1.54) is 0 Å². The summed E-state index contributed by atoms with van der Waals surface area (Å²) in [5.74, 6) is 1.45. The Bertz CT molecular complexity index is 842. The summed E-state index contributed by atoms with van der Waals surface area (Å²) in [6.45, 7) is 4.25. The highest BCUT2D eigenvalue weighted by atomic mass is 16.5. The maximum Gasteiger partial charge on any atom is 0.272 e. The molecule has 3 rings (SSSR count). The van der Waals surface area contributed by atoms with Gasteiger partial charge in [0, 0.05) is 12.6 Å². The maximum absolute atomic E-state index is 12.1. The SMILES string of the molecule is Cc1cc(Nc2ccc(C(=O)NCc3ccccc3C)nn2)no1. The molecule has 7 heteroatoms. The zero-order chi connectivity index (χ0) is 16.9. The number of hydrogen-bond donors (Lipinski definition) is 2. The van der Waals surface area contributed by atoms with Gasteiger partial charge in [-0.3, -0.25) is 4.79 Å². The first-order chi connectivity index (χ1) is 11.6. The molecule has 2 heterocycles. The minimum atomic E-state index is -0.269. The van der Waals surface area contributed by atoms with Gasteiger partial charge in [-0.05, 0) is 37.1 Å². The summed E-state index contributed by atoms with van der Waals surface area (Å²) in [6, 6.07) is 12.9. The number of anilines is 2. The molecule has 0 atom stereocenters. The van der Waals surface area contributed by atoms with Crippen LogP contribution in [0.5, 0.6) is 0 Å². The average Bonchev–Trinajstić information content (AvgIpc) is 2.99. The lowest BCUT2D eigenvalue weighted by molar-refractivity contribution is 0.0945. The van der Waals surface area contributed by atoms with Crippen molar-refractivity contribution in [1.29, 1.82) is 0 Å². The Morgan fingerprint density at radius 2 is 1.92 bits per heavy atom. The predicted octanol–water partition coefficient (Wildman–Crippen LogP) is 2.76. The predicted molar refractivity (Wildman–Crippen MR) is 88.9 cm³/mol. The number of carbonyl (C=O) groups is 1. The van der Waals surface area contributed by atoms with Crippen LogP contribution in [0.25, 0.3) is 0 Å². The van der Waals surface area contributed by atoms with Crippen molar-refractivity contribution in [3.8, 4) is 0 Å². The molecule has 3 aromatic rings. The molecule has 122 valence electrons. The zero-order valence-electron chi connectivity index (χ0n) is 13.4. The van der Waals surface area contributed by atoms with Gasteiger partial charge < -0.3 is 15.2 Å². The third kappa shape index (κ3) is 3.75. The molecular weight excluding hydrogens is 306 g/mol. The van der Waals surface area contributed by atoms with Crippen LogP contribution in [-0.4, -0.2) is 21.3 Å². The van der Waals surface area contributed by atoms with Gasteiger partial charge in [-0.25, -0.2) is 0 Å². The van der Waals surface area contributed by atoms with Crippen molar-refractivity contribution in [3.63, 3.8) is 0 Å². The standard InChI is InChI=1S/C17H17N5O2/c1-11-5-3-4-6-13(11)10-18-17(23)14-7-8-15(21-20-14)19-16-9-12(2)24-22-16/h3-9H,10H2,1-2H3,(H,18,23)(H,19,21,22). The molecular formula is C17H17N5O2. The molecule has 0 unspecified atom stereocenters. The van der Waals surface area contributed by atoms with Crippen LogP contribution in [0.1, 0.15) is 27.4 Å². The number of benzene rings is 1. The molecule has 24 heavy (non-hydrogen) atoms. The van der Waals surface area contributed by atoms with E-state index >= 15 is 0 Å². The maximum atomic E-state index is 12.1. The van der Waals surface area contributed by atoms with Crippen molar-refractivity contribution in [2.24, 2.45) is 0 Å².